The quantitative estimate of drug-likeness (QED) is 0.726. The molecule has 0 N–H and O–H groups in total. The zero-order valence-electron chi connectivity index (χ0n) is 10.4. The Bertz CT molecular complexity index is 409. The summed E-state index contributed by atoms with van der Waals surface area (Å²) in [7, 11) is 1.36. The van der Waals surface area contributed by atoms with E-state index < -0.39 is 0 Å². The van der Waals surface area contributed by atoms with Gasteiger partial charge in [-0.2, -0.15) is 0 Å². The fourth-order valence-electron chi connectivity index (χ4n) is 1.54. The van der Waals surface area contributed by atoms with Crippen LogP contribution in [0.4, 0.5) is 0 Å². The van der Waals surface area contributed by atoms with Gasteiger partial charge in [0.15, 0.2) is 0 Å². The second-order valence-electron chi connectivity index (χ2n) is 3.68. The van der Waals surface area contributed by atoms with Gasteiger partial charge in [-0.25, -0.2) is 0 Å². The minimum atomic E-state index is -0.316. The lowest BCUT2D eigenvalue weighted by atomic mass is 10.3. The number of nitrogens with zero attached hydrogens (tertiary/aromatic N) is 1. The summed E-state index contributed by atoms with van der Waals surface area (Å²) in [5.41, 5.74) is 1.89. The predicted molar refractivity (Wildman–Crippen MR) is 61.3 cm³/mol. The number of ether oxygens (including phenoxy) is 2. The van der Waals surface area contributed by atoms with Crippen molar-refractivity contribution in [3.63, 3.8) is 0 Å². The van der Waals surface area contributed by atoms with Crippen LogP contribution in [0.5, 0.6) is 0 Å². The van der Waals surface area contributed by atoms with Crippen LogP contribution < -0.4 is 0 Å². The maximum Gasteiger partial charge on any atom is 0.325 e. The highest BCUT2D eigenvalue weighted by Crippen LogP contribution is 2.11. The highest BCUT2D eigenvalue weighted by atomic mass is 16.5. The van der Waals surface area contributed by atoms with Crippen molar-refractivity contribution in [2.45, 2.75) is 33.4 Å². The van der Waals surface area contributed by atoms with Crippen molar-refractivity contribution in [2.24, 2.45) is 0 Å². The second kappa shape index (κ2) is 6.08. The van der Waals surface area contributed by atoms with Gasteiger partial charge in [0.05, 0.1) is 7.11 Å². The van der Waals surface area contributed by atoms with Gasteiger partial charge in [-0.3, -0.25) is 9.59 Å². The Labute approximate surface area is 100 Å². The Balaban J connectivity index is 2.75. The van der Waals surface area contributed by atoms with Crippen LogP contribution in [0.15, 0.2) is 12.3 Å². The topological polar surface area (TPSA) is 57.5 Å². The molecule has 5 nitrogen and oxygen atoms in total. The van der Waals surface area contributed by atoms with Gasteiger partial charge >= 0.3 is 11.9 Å². The highest BCUT2D eigenvalue weighted by molar-refractivity contribution is 5.69. The Kier molecular flexibility index (Phi) is 4.75. The maximum absolute atomic E-state index is 11.2. The molecule has 94 valence electrons. The molecule has 1 heterocycles. The summed E-state index contributed by atoms with van der Waals surface area (Å²) in [6, 6.07) is 1.92. The number of hydrogen-bond donors (Lipinski definition) is 0. The number of rotatable bonds is 5. The van der Waals surface area contributed by atoms with E-state index in [1.807, 2.05) is 17.6 Å². The minimum Gasteiger partial charge on any atom is -0.468 e. The first kappa shape index (κ1) is 13.3. The number of esters is 2. The number of aromatic nitrogens is 1. The van der Waals surface area contributed by atoms with Crippen LogP contribution in [0.2, 0.25) is 0 Å². The first-order valence-electron chi connectivity index (χ1n) is 5.45. The van der Waals surface area contributed by atoms with Gasteiger partial charge in [-0.05, 0) is 12.5 Å². The van der Waals surface area contributed by atoms with Gasteiger partial charge in [0.1, 0.15) is 13.2 Å². The number of hydrogen-bond acceptors (Lipinski definition) is 4. The Morgan fingerprint density at radius 2 is 2.12 bits per heavy atom. The van der Waals surface area contributed by atoms with Crippen molar-refractivity contribution in [3.8, 4) is 0 Å². The van der Waals surface area contributed by atoms with E-state index in [9.17, 15) is 9.59 Å². The third kappa shape index (κ3) is 3.94. The van der Waals surface area contributed by atoms with E-state index in [0.29, 0.717) is 0 Å². The molecule has 0 aliphatic carbocycles. The molecule has 0 aliphatic rings. The fraction of sp³-hybridized carbons (Fsp3) is 0.500. The van der Waals surface area contributed by atoms with Gasteiger partial charge in [0.25, 0.3) is 0 Å². The molecule has 1 aromatic rings. The Morgan fingerprint density at radius 1 is 1.41 bits per heavy atom. The molecule has 0 saturated carbocycles. The average molecular weight is 239 g/mol. The number of methoxy groups -OCH3 is 1. The summed E-state index contributed by atoms with van der Waals surface area (Å²) in [6.45, 7) is 3.78. The van der Waals surface area contributed by atoms with E-state index in [1.165, 1.54) is 14.0 Å². The van der Waals surface area contributed by atoms with Crippen molar-refractivity contribution >= 4 is 11.9 Å². The monoisotopic (exact) mass is 239 g/mol. The molecule has 17 heavy (non-hydrogen) atoms. The Morgan fingerprint density at radius 3 is 2.65 bits per heavy atom. The molecule has 0 unspecified atom stereocenters. The molecule has 0 bridgehead atoms. The van der Waals surface area contributed by atoms with Gasteiger partial charge in [0.2, 0.25) is 0 Å². The number of carbonyl (C=O) groups is 2. The van der Waals surface area contributed by atoms with Crippen LogP contribution in [0.3, 0.4) is 0 Å². The molecule has 0 spiro atoms. The lowest BCUT2D eigenvalue weighted by Gasteiger charge is -2.05. The molecule has 5 heteroatoms. The lowest BCUT2D eigenvalue weighted by molar-refractivity contribution is -0.143. The first-order chi connectivity index (χ1) is 8.06. The molecule has 0 saturated heterocycles. The molecule has 0 radical (unpaired) electrons. The molecule has 1 aromatic heterocycles. The molecule has 0 fully saturated rings. The second-order valence-corrected chi connectivity index (χ2v) is 3.68. The lowest BCUT2D eigenvalue weighted by Crippen LogP contribution is -2.12. The van der Waals surface area contributed by atoms with Crippen LogP contribution in [-0.2, 0) is 38.6 Å². The molecule has 0 atom stereocenters. The number of aryl methyl sites for hydroxylation is 1. The van der Waals surface area contributed by atoms with Crippen LogP contribution in [0.1, 0.15) is 25.1 Å². The van der Waals surface area contributed by atoms with Crippen LogP contribution in [0.25, 0.3) is 0 Å². The van der Waals surface area contributed by atoms with Crippen molar-refractivity contribution in [3.05, 3.63) is 23.5 Å². The van der Waals surface area contributed by atoms with E-state index in [2.05, 4.69) is 4.74 Å². The SMILES string of the molecule is CCc1cc(COC(C)=O)cn1CC(=O)OC. The molecule has 0 aliphatic heterocycles. The molecular weight excluding hydrogens is 222 g/mol. The van der Waals surface area contributed by atoms with E-state index in [4.69, 9.17) is 4.74 Å². The molecule has 1 rings (SSSR count). The highest BCUT2D eigenvalue weighted by Gasteiger charge is 2.09. The van der Waals surface area contributed by atoms with E-state index in [-0.39, 0.29) is 25.1 Å². The third-order valence-corrected chi connectivity index (χ3v) is 2.37. The third-order valence-electron chi connectivity index (χ3n) is 2.37. The van der Waals surface area contributed by atoms with E-state index in [0.717, 1.165) is 17.7 Å². The zero-order chi connectivity index (χ0) is 12.8. The van der Waals surface area contributed by atoms with Crippen LogP contribution >= 0.6 is 0 Å². The Hall–Kier alpha value is -1.78. The molecular formula is C12H17NO4. The normalized spacial score (nSPS) is 10.1. The summed E-state index contributed by atoms with van der Waals surface area (Å²) in [5.74, 6) is -0.613. The standard InChI is InChI=1S/C12H17NO4/c1-4-11-5-10(8-17-9(2)14)6-13(11)7-12(15)16-3/h5-6H,4,7-8H2,1-3H3. The molecule has 0 amide bonds. The van der Waals surface area contributed by atoms with Crippen molar-refractivity contribution in [1.29, 1.82) is 0 Å². The summed E-state index contributed by atoms with van der Waals surface area (Å²) >= 11 is 0. The predicted octanol–water partition coefficient (Wildman–Crippen LogP) is 1.29. The smallest absolute Gasteiger partial charge is 0.325 e. The van der Waals surface area contributed by atoms with Gasteiger partial charge in [-0.15, -0.1) is 0 Å². The minimum absolute atomic E-state index is 0.180. The van der Waals surface area contributed by atoms with E-state index >= 15 is 0 Å². The summed E-state index contributed by atoms with van der Waals surface area (Å²) in [6.07, 6.45) is 2.61. The molecule has 0 aromatic carbocycles. The van der Waals surface area contributed by atoms with Gasteiger partial charge < -0.3 is 14.0 Å². The van der Waals surface area contributed by atoms with Crippen molar-refractivity contribution in [2.75, 3.05) is 7.11 Å². The summed E-state index contributed by atoms with van der Waals surface area (Å²) < 4.78 is 11.3. The van der Waals surface area contributed by atoms with Crippen molar-refractivity contribution < 1.29 is 19.1 Å². The average Bonchev–Trinajstić information content (AvgIpc) is 2.68. The maximum atomic E-state index is 11.2. The van der Waals surface area contributed by atoms with Crippen LogP contribution in [-0.4, -0.2) is 23.6 Å². The van der Waals surface area contributed by atoms with Crippen molar-refractivity contribution in [1.82, 2.24) is 4.57 Å². The van der Waals surface area contributed by atoms with Gasteiger partial charge in [-0.1, -0.05) is 6.92 Å². The summed E-state index contributed by atoms with van der Waals surface area (Å²) in [5, 5.41) is 0. The number of carbonyl (C=O) groups excluding carboxylic acids is 2. The zero-order valence-corrected chi connectivity index (χ0v) is 10.4. The fourth-order valence-corrected chi connectivity index (χ4v) is 1.54. The summed E-state index contributed by atoms with van der Waals surface area (Å²) in [4.78, 5) is 21.9. The first-order valence-corrected chi connectivity index (χ1v) is 5.45. The van der Waals surface area contributed by atoms with E-state index in [1.54, 1.807) is 6.20 Å². The van der Waals surface area contributed by atoms with Gasteiger partial charge in [0, 0.05) is 24.4 Å². The largest absolute Gasteiger partial charge is 0.468 e. The van der Waals surface area contributed by atoms with Crippen LogP contribution in [0, 0.1) is 0 Å².